The van der Waals surface area contributed by atoms with Gasteiger partial charge in [-0.3, -0.25) is 0 Å². The van der Waals surface area contributed by atoms with Crippen molar-refractivity contribution in [3.8, 4) is 0 Å². The van der Waals surface area contributed by atoms with Crippen molar-refractivity contribution in [1.29, 1.82) is 0 Å². The van der Waals surface area contributed by atoms with Crippen LogP contribution in [0.2, 0.25) is 0 Å². The van der Waals surface area contributed by atoms with E-state index in [-0.39, 0.29) is 0 Å². The SMILES string of the molecule is CC(=O)[O][Sn]1[O]C(=O)[O]1. The fourth-order valence-electron chi connectivity index (χ4n) is 0.303. The first-order chi connectivity index (χ1) is 4.18. The second kappa shape index (κ2) is 2.42. The third-order valence-electron chi connectivity index (χ3n) is 0.560. The summed E-state index contributed by atoms with van der Waals surface area (Å²) in [4.78, 5) is 20.0. The molecule has 0 aromatic rings. The van der Waals surface area contributed by atoms with Gasteiger partial charge in [-0.25, -0.2) is 0 Å². The van der Waals surface area contributed by atoms with Crippen molar-refractivity contribution in [2.24, 2.45) is 0 Å². The van der Waals surface area contributed by atoms with Gasteiger partial charge in [0.2, 0.25) is 0 Å². The third kappa shape index (κ3) is 1.74. The van der Waals surface area contributed by atoms with Crippen LogP contribution in [0, 0.1) is 0 Å². The van der Waals surface area contributed by atoms with Crippen LogP contribution in [0.4, 0.5) is 4.79 Å². The van der Waals surface area contributed by atoms with Crippen LogP contribution in [0.15, 0.2) is 0 Å². The van der Waals surface area contributed by atoms with Crippen LogP contribution in [0.1, 0.15) is 6.92 Å². The molecule has 1 radical (unpaired) electrons. The van der Waals surface area contributed by atoms with Crippen LogP contribution in [-0.2, 0) is 14.0 Å². The summed E-state index contributed by atoms with van der Waals surface area (Å²) in [5, 5.41) is 0. The van der Waals surface area contributed by atoms with E-state index in [1.165, 1.54) is 6.92 Å². The maximum atomic E-state index is 10.1. The summed E-state index contributed by atoms with van der Waals surface area (Å²) in [5.74, 6) is -0.461. The van der Waals surface area contributed by atoms with Gasteiger partial charge in [-0.05, 0) is 0 Å². The van der Waals surface area contributed by atoms with Crippen molar-refractivity contribution in [3.63, 3.8) is 0 Å². The van der Waals surface area contributed by atoms with Crippen molar-refractivity contribution in [2.45, 2.75) is 6.92 Å². The summed E-state index contributed by atoms with van der Waals surface area (Å²) in [7, 11) is 0. The predicted molar refractivity (Wildman–Crippen MR) is 25.1 cm³/mol. The van der Waals surface area contributed by atoms with Gasteiger partial charge in [-0.1, -0.05) is 0 Å². The van der Waals surface area contributed by atoms with Gasteiger partial charge in [0.15, 0.2) is 0 Å². The Bertz CT molecular complexity index is 146. The molecule has 0 aliphatic carbocycles. The molecule has 0 unspecified atom stereocenters. The van der Waals surface area contributed by atoms with Crippen molar-refractivity contribution in [3.05, 3.63) is 0 Å². The molecule has 0 saturated carbocycles. The molecule has 1 rings (SSSR count). The van der Waals surface area contributed by atoms with Gasteiger partial charge in [-0.2, -0.15) is 0 Å². The number of hydrogen-bond acceptors (Lipinski definition) is 5. The fraction of sp³-hybridized carbons (Fsp3) is 0.333. The van der Waals surface area contributed by atoms with Gasteiger partial charge in [0.05, 0.1) is 0 Å². The van der Waals surface area contributed by atoms with Crippen LogP contribution >= 0.6 is 0 Å². The van der Waals surface area contributed by atoms with Gasteiger partial charge in [0.25, 0.3) is 0 Å². The van der Waals surface area contributed by atoms with Crippen molar-refractivity contribution in [2.75, 3.05) is 0 Å². The fourth-order valence-corrected chi connectivity index (χ4v) is 2.03. The molecule has 1 aliphatic rings. The topological polar surface area (TPSA) is 61.8 Å². The van der Waals surface area contributed by atoms with E-state index < -0.39 is 33.1 Å². The van der Waals surface area contributed by atoms with Gasteiger partial charge in [0.1, 0.15) is 0 Å². The Hall–Kier alpha value is -0.461. The Morgan fingerprint density at radius 2 is 2.22 bits per heavy atom. The molecule has 1 saturated heterocycles. The average Bonchev–Trinajstić information content (AvgIpc) is 1.60. The summed E-state index contributed by atoms with van der Waals surface area (Å²) in [6, 6.07) is 0. The van der Waals surface area contributed by atoms with Crippen LogP contribution in [-0.4, -0.2) is 33.1 Å². The first-order valence-electron chi connectivity index (χ1n) is 2.13. The van der Waals surface area contributed by atoms with Crippen LogP contribution in [0.25, 0.3) is 0 Å². The summed E-state index contributed by atoms with van der Waals surface area (Å²) >= 11 is -2.81. The first kappa shape index (κ1) is 6.66. The molecular formula is C3H3O5Sn. The number of rotatable bonds is 1. The quantitative estimate of drug-likeness (QED) is 0.586. The van der Waals surface area contributed by atoms with E-state index in [1.807, 2.05) is 0 Å². The molecule has 0 N–H and O–H groups in total. The molecule has 9 heavy (non-hydrogen) atoms. The molecule has 6 heteroatoms. The van der Waals surface area contributed by atoms with E-state index in [2.05, 4.69) is 9.22 Å². The molecule has 5 nitrogen and oxygen atoms in total. The van der Waals surface area contributed by atoms with Gasteiger partial charge < -0.3 is 0 Å². The van der Waals surface area contributed by atoms with Crippen molar-refractivity contribution >= 4 is 33.1 Å². The monoisotopic (exact) mass is 239 g/mol. The Balaban J connectivity index is 2.18. The second-order valence-corrected chi connectivity index (χ2v) is 4.47. The van der Waals surface area contributed by atoms with Crippen LogP contribution in [0.5, 0.6) is 0 Å². The molecule has 0 aromatic carbocycles. The van der Waals surface area contributed by atoms with Gasteiger partial charge in [0, 0.05) is 0 Å². The van der Waals surface area contributed by atoms with E-state index in [1.54, 1.807) is 0 Å². The van der Waals surface area contributed by atoms with E-state index in [0.29, 0.717) is 0 Å². The molecule has 1 heterocycles. The molecular weight excluding hydrogens is 235 g/mol. The van der Waals surface area contributed by atoms with Crippen molar-refractivity contribution < 1.29 is 18.8 Å². The Labute approximate surface area is 59.3 Å². The Morgan fingerprint density at radius 3 is 2.56 bits per heavy atom. The number of carbonyl (C=O) groups is 2. The van der Waals surface area contributed by atoms with Crippen LogP contribution < -0.4 is 0 Å². The standard InChI is InChI=1S/C2H4O2.CH2O3.Sn/c1-2(3)4;2-1(3)4;/h1H3,(H,3,4);(H2,2,3,4);/q;;+3/p-3. The van der Waals surface area contributed by atoms with Crippen LogP contribution in [0.3, 0.4) is 0 Å². The predicted octanol–water partition coefficient (Wildman–Crippen LogP) is -0.299. The molecule has 1 fully saturated rings. The summed E-state index contributed by atoms with van der Waals surface area (Å²) < 4.78 is 13.1. The molecule has 0 atom stereocenters. The third-order valence-corrected chi connectivity index (χ3v) is 3.76. The van der Waals surface area contributed by atoms with Gasteiger partial charge >= 0.3 is 58.9 Å². The first-order valence-corrected chi connectivity index (χ1v) is 5.63. The summed E-state index contributed by atoms with van der Waals surface area (Å²) in [6.07, 6.45) is -0.731. The molecule has 1 aliphatic heterocycles. The summed E-state index contributed by atoms with van der Waals surface area (Å²) in [5.41, 5.74) is 0. The average molecular weight is 238 g/mol. The van der Waals surface area contributed by atoms with E-state index in [4.69, 9.17) is 0 Å². The van der Waals surface area contributed by atoms with Gasteiger partial charge in [-0.15, -0.1) is 0 Å². The molecule has 0 bridgehead atoms. The normalized spacial score (nSPS) is 17.2. The molecule has 0 aromatic heterocycles. The van der Waals surface area contributed by atoms with Crippen molar-refractivity contribution in [1.82, 2.24) is 0 Å². The van der Waals surface area contributed by atoms with E-state index in [0.717, 1.165) is 0 Å². The number of hydrogen-bond donors (Lipinski definition) is 0. The number of carbonyl (C=O) groups excluding carboxylic acids is 2. The minimum absolute atomic E-state index is 0.461. The zero-order valence-corrected chi connectivity index (χ0v) is 7.40. The van der Waals surface area contributed by atoms with E-state index in [9.17, 15) is 9.59 Å². The minimum atomic E-state index is -2.81. The molecule has 49 valence electrons. The van der Waals surface area contributed by atoms with E-state index >= 15 is 0 Å². The second-order valence-electron chi connectivity index (χ2n) is 1.30. The Kier molecular flexibility index (Phi) is 1.79. The zero-order valence-electron chi connectivity index (χ0n) is 4.54. The Morgan fingerprint density at radius 1 is 1.67 bits per heavy atom. The maximum absolute atomic E-state index is 10.1. The summed E-state index contributed by atoms with van der Waals surface area (Å²) in [6.45, 7) is 1.24. The molecule has 0 spiro atoms. The molecule has 0 amide bonds. The zero-order chi connectivity index (χ0) is 6.85.